The van der Waals surface area contributed by atoms with Crippen LogP contribution in [0, 0.1) is 6.92 Å². The van der Waals surface area contributed by atoms with E-state index in [9.17, 15) is 0 Å². The zero-order valence-corrected chi connectivity index (χ0v) is 12.2. The molecule has 0 aliphatic rings. The second-order valence-electron chi connectivity index (χ2n) is 4.62. The summed E-state index contributed by atoms with van der Waals surface area (Å²) in [6, 6.07) is 4.71. The minimum absolute atomic E-state index is 0.426. The smallest absolute Gasteiger partial charge is 0.0427 e. The van der Waals surface area contributed by atoms with Gasteiger partial charge in [-0.3, -0.25) is 4.98 Å². The summed E-state index contributed by atoms with van der Waals surface area (Å²) in [5.74, 6) is 1.11. The Morgan fingerprint density at radius 2 is 2.12 bits per heavy atom. The lowest BCUT2D eigenvalue weighted by molar-refractivity contribution is 0.575. The van der Waals surface area contributed by atoms with Crippen molar-refractivity contribution in [2.75, 3.05) is 12.3 Å². The molecule has 1 heterocycles. The molecule has 0 saturated carbocycles. The molecular formula is C14H24N2S. The molecule has 0 spiro atoms. The van der Waals surface area contributed by atoms with Crippen LogP contribution in [-0.2, 0) is 0 Å². The van der Waals surface area contributed by atoms with Gasteiger partial charge in [-0.2, -0.15) is 11.8 Å². The molecule has 17 heavy (non-hydrogen) atoms. The highest BCUT2D eigenvalue weighted by atomic mass is 32.2. The molecule has 96 valence electrons. The molecule has 0 aromatic carbocycles. The largest absolute Gasteiger partial charge is 0.309 e. The third kappa shape index (κ3) is 5.55. The number of nitrogens with zero attached hydrogens (tertiary/aromatic N) is 1. The molecule has 0 saturated heterocycles. The average Bonchev–Trinajstić information content (AvgIpc) is 2.30. The molecule has 0 amide bonds. The number of pyridine rings is 1. The number of hydrogen-bond donors (Lipinski definition) is 1. The molecule has 1 atom stereocenters. The molecule has 0 bridgehead atoms. The lowest BCUT2D eigenvalue weighted by atomic mass is 10.1. The van der Waals surface area contributed by atoms with Crippen molar-refractivity contribution in [1.82, 2.24) is 10.3 Å². The number of aromatic nitrogens is 1. The Labute approximate surface area is 110 Å². The van der Waals surface area contributed by atoms with Crippen LogP contribution in [0.15, 0.2) is 18.3 Å². The first-order chi connectivity index (χ1) is 8.13. The fourth-order valence-electron chi connectivity index (χ4n) is 1.57. The van der Waals surface area contributed by atoms with Crippen LogP contribution in [0.3, 0.4) is 0 Å². The molecule has 3 heteroatoms. The molecule has 0 fully saturated rings. The van der Waals surface area contributed by atoms with E-state index in [4.69, 9.17) is 0 Å². The van der Waals surface area contributed by atoms with E-state index in [-0.39, 0.29) is 0 Å². The van der Waals surface area contributed by atoms with E-state index in [1.54, 1.807) is 0 Å². The summed E-state index contributed by atoms with van der Waals surface area (Å²) in [4.78, 5) is 4.39. The van der Waals surface area contributed by atoms with Crippen molar-refractivity contribution in [3.63, 3.8) is 0 Å². The van der Waals surface area contributed by atoms with Crippen molar-refractivity contribution >= 4 is 11.8 Å². The Hall–Kier alpha value is -0.540. The second kappa shape index (κ2) is 7.72. The quantitative estimate of drug-likeness (QED) is 0.803. The van der Waals surface area contributed by atoms with Gasteiger partial charge in [0.05, 0.1) is 0 Å². The van der Waals surface area contributed by atoms with E-state index in [2.05, 4.69) is 43.2 Å². The number of aryl methyl sites for hydroxylation is 1. The summed E-state index contributed by atoms with van der Waals surface area (Å²) in [6.45, 7) is 9.79. The van der Waals surface area contributed by atoms with E-state index in [0.717, 1.165) is 18.0 Å². The van der Waals surface area contributed by atoms with Crippen LogP contribution in [0.2, 0.25) is 0 Å². The van der Waals surface area contributed by atoms with Crippen LogP contribution in [0.5, 0.6) is 0 Å². The average molecular weight is 252 g/mol. The first-order valence-electron chi connectivity index (χ1n) is 6.41. The van der Waals surface area contributed by atoms with Crippen LogP contribution in [0.4, 0.5) is 0 Å². The zero-order valence-electron chi connectivity index (χ0n) is 11.4. The minimum atomic E-state index is 0.426. The van der Waals surface area contributed by atoms with E-state index in [1.807, 2.05) is 24.9 Å². The fourth-order valence-corrected chi connectivity index (χ4v) is 2.45. The van der Waals surface area contributed by atoms with Gasteiger partial charge in [-0.15, -0.1) is 0 Å². The third-order valence-corrected chi connectivity index (χ3v) is 3.77. The van der Waals surface area contributed by atoms with Gasteiger partial charge in [-0.05, 0) is 36.8 Å². The number of nitrogens with one attached hydrogen (secondary N) is 1. The molecule has 0 aliphatic heterocycles. The topological polar surface area (TPSA) is 24.9 Å². The molecule has 1 unspecified atom stereocenters. The first kappa shape index (κ1) is 14.5. The van der Waals surface area contributed by atoms with Crippen molar-refractivity contribution in [2.45, 2.75) is 45.4 Å². The van der Waals surface area contributed by atoms with Gasteiger partial charge >= 0.3 is 0 Å². The van der Waals surface area contributed by atoms with Gasteiger partial charge in [0.25, 0.3) is 0 Å². The maximum Gasteiger partial charge on any atom is 0.0427 e. The summed E-state index contributed by atoms with van der Waals surface area (Å²) in [5, 5.41) is 4.28. The molecule has 1 aromatic rings. The predicted molar refractivity (Wildman–Crippen MR) is 77.6 cm³/mol. The lowest BCUT2D eigenvalue weighted by Gasteiger charge is -2.19. The summed E-state index contributed by atoms with van der Waals surface area (Å²) in [5.41, 5.74) is 2.39. The Balaban J connectivity index is 2.63. The highest BCUT2D eigenvalue weighted by Crippen LogP contribution is 2.20. The molecule has 1 aromatic heterocycles. The maximum atomic E-state index is 4.39. The Kier molecular flexibility index (Phi) is 6.60. The van der Waals surface area contributed by atoms with Crippen molar-refractivity contribution in [1.29, 1.82) is 0 Å². The highest BCUT2D eigenvalue weighted by molar-refractivity contribution is 7.99. The van der Waals surface area contributed by atoms with Crippen LogP contribution in [0.25, 0.3) is 0 Å². The van der Waals surface area contributed by atoms with Crippen molar-refractivity contribution < 1.29 is 0 Å². The normalized spacial score (nSPS) is 13.0. The van der Waals surface area contributed by atoms with E-state index >= 15 is 0 Å². The Morgan fingerprint density at radius 3 is 2.65 bits per heavy atom. The maximum absolute atomic E-state index is 4.39. The summed E-state index contributed by atoms with van der Waals surface area (Å²) in [7, 11) is 0. The first-order valence-corrected chi connectivity index (χ1v) is 7.46. The zero-order chi connectivity index (χ0) is 12.7. The molecule has 2 nitrogen and oxygen atoms in total. The van der Waals surface area contributed by atoms with E-state index in [0.29, 0.717) is 11.3 Å². The van der Waals surface area contributed by atoms with Crippen molar-refractivity contribution in [3.8, 4) is 0 Å². The SMILES string of the molecule is CCCNC(CSC(C)C)c1ccc(C)nc1. The van der Waals surface area contributed by atoms with Crippen molar-refractivity contribution in [2.24, 2.45) is 0 Å². The van der Waals surface area contributed by atoms with Gasteiger partial charge in [0, 0.05) is 23.7 Å². The van der Waals surface area contributed by atoms with Crippen LogP contribution >= 0.6 is 11.8 Å². The number of rotatable bonds is 7. The Bertz CT molecular complexity index is 309. The molecule has 1 N–H and O–H groups in total. The molecule has 1 rings (SSSR count). The lowest BCUT2D eigenvalue weighted by Crippen LogP contribution is -2.24. The van der Waals surface area contributed by atoms with E-state index < -0.39 is 0 Å². The monoisotopic (exact) mass is 252 g/mol. The van der Waals surface area contributed by atoms with Gasteiger partial charge in [0.15, 0.2) is 0 Å². The highest BCUT2D eigenvalue weighted by Gasteiger charge is 2.11. The molecule has 0 radical (unpaired) electrons. The fraction of sp³-hybridized carbons (Fsp3) is 0.643. The van der Waals surface area contributed by atoms with Crippen LogP contribution < -0.4 is 5.32 Å². The summed E-state index contributed by atoms with van der Waals surface area (Å²) >= 11 is 2.00. The minimum Gasteiger partial charge on any atom is -0.309 e. The standard InChI is InChI=1S/C14H24N2S/c1-5-8-15-14(10-17-11(2)3)13-7-6-12(4)16-9-13/h6-7,9,11,14-15H,5,8,10H2,1-4H3. The van der Waals surface area contributed by atoms with Gasteiger partial charge in [-0.1, -0.05) is 26.8 Å². The van der Waals surface area contributed by atoms with Crippen LogP contribution in [0.1, 0.15) is 44.5 Å². The van der Waals surface area contributed by atoms with Gasteiger partial charge in [0.2, 0.25) is 0 Å². The second-order valence-corrected chi connectivity index (χ2v) is 6.23. The van der Waals surface area contributed by atoms with Gasteiger partial charge in [0.1, 0.15) is 0 Å². The molecule has 0 aliphatic carbocycles. The summed E-state index contributed by atoms with van der Waals surface area (Å²) in [6.07, 6.45) is 3.17. The van der Waals surface area contributed by atoms with Gasteiger partial charge in [-0.25, -0.2) is 0 Å². The Morgan fingerprint density at radius 1 is 1.35 bits per heavy atom. The van der Waals surface area contributed by atoms with E-state index in [1.165, 1.54) is 12.0 Å². The molecular weight excluding hydrogens is 228 g/mol. The van der Waals surface area contributed by atoms with Gasteiger partial charge < -0.3 is 5.32 Å². The number of thioether (sulfide) groups is 1. The predicted octanol–water partition coefficient (Wildman–Crippen LogP) is 3.57. The van der Waals surface area contributed by atoms with Crippen molar-refractivity contribution in [3.05, 3.63) is 29.6 Å². The number of hydrogen-bond acceptors (Lipinski definition) is 3. The third-order valence-electron chi connectivity index (χ3n) is 2.57. The van der Waals surface area contributed by atoms with Crippen LogP contribution in [-0.4, -0.2) is 22.5 Å². The summed E-state index contributed by atoms with van der Waals surface area (Å²) < 4.78 is 0.